The molecule has 0 fully saturated rings. The SMILES string of the molecule is CO.O=C(O)n1cncn1. The van der Waals surface area contributed by atoms with E-state index >= 15 is 0 Å². The van der Waals surface area contributed by atoms with Crippen molar-refractivity contribution in [3.63, 3.8) is 0 Å². The third-order valence-electron chi connectivity index (χ3n) is 0.615. The summed E-state index contributed by atoms with van der Waals surface area (Å²) >= 11 is 0. The van der Waals surface area contributed by atoms with Crippen molar-refractivity contribution in [3.8, 4) is 0 Å². The largest absolute Gasteiger partial charge is 0.463 e. The summed E-state index contributed by atoms with van der Waals surface area (Å²) in [5.74, 6) is 0. The molecule has 1 rings (SSSR count). The summed E-state index contributed by atoms with van der Waals surface area (Å²) in [4.78, 5) is 13.3. The van der Waals surface area contributed by atoms with Crippen LogP contribution in [0.15, 0.2) is 12.7 Å². The highest BCUT2D eigenvalue weighted by atomic mass is 16.4. The molecule has 1 heterocycles. The molecule has 0 radical (unpaired) electrons. The molecule has 6 heteroatoms. The van der Waals surface area contributed by atoms with Crippen LogP contribution in [0.1, 0.15) is 0 Å². The predicted molar refractivity (Wildman–Crippen MR) is 31.6 cm³/mol. The lowest BCUT2D eigenvalue weighted by atomic mass is 11.1. The maximum Gasteiger partial charge on any atom is 0.433 e. The van der Waals surface area contributed by atoms with Crippen LogP contribution in [0.2, 0.25) is 0 Å². The van der Waals surface area contributed by atoms with Gasteiger partial charge in [-0.1, -0.05) is 0 Å². The highest BCUT2D eigenvalue weighted by Gasteiger charge is 1.96. The molecule has 0 bridgehead atoms. The van der Waals surface area contributed by atoms with Crippen molar-refractivity contribution in [3.05, 3.63) is 12.7 Å². The Hall–Kier alpha value is -1.43. The lowest BCUT2D eigenvalue weighted by Gasteiger charge is -1.83. The van der Waals surface area contributed by atoms with Crippen molar-refractivity contribution in [2.45, 2.75) is 0 Å². The molecule has 0 saturated heterocycles. The van der Waals surface area contributed by atoms with Gasteiger partial charge in [0, 0.05) is 7.11 Å². The molecular weight excluding hydrogens is 138 g/mol. The minimum Gasteiger partial charge on any atom is -0.463 e. The van der Waals surface area contributed by atoms with Gasteiger partial charge in [-0.3, -0.25) is 0 Å². The van der Waals surface area contributed by atoms with E-state index < -0.39 is 6.09 Å². The summed E-state index contributed by atoms with van der Waals surface area (Å²) in [5.41, 5.74) is 0. The number of carbonyl (C=O) groups is 1. The molecule has 0 aliphatic carbocycles. The lowest BCUT2D eigenvalue weighted by Crippen LogP contribution is -2.07. The number of aliphatic hydroxyl groups is 1. The molecule has 0 atom stereocenters. The average Bonchev–Trinajstić information content (AvgIpc) is 2.42. The fourth-order valence-electron chi connectivity index (χ4n) is 0.307. The topological polar surface area (TPSA) is 88.2 Å². The van der Waals surface area contributed by atoms with Crippen LogP contribution >= 0.6 is 0 Å². The number of aliphatic hydroxyl groups excluding tert-OH is 1. The minimum absolute atomic E-state index is 0.722. The summed E-state index contributed by atoms with van der Waals surface area (Å²) in [7, 11) is 1.00. The molecule has 0 unspecified atom stereocenters. The Labute approximate surface area is 56.7 Å². The van der Waals surface area contributed by atoms with Gasteiger partial charge in [-0.25, -0.2) is 9.78 Å². The zero-order valence-corrected chi connectivity index (χ0v) is 5.30. The first-order chi connectivity index (χ1) is 4.80. The number of nitrogens with zero attached hydrogens (tertiary/aromatic N) is 3. The van der Waals surface area contributed by atoms with Crippen LogP contribution in [-0.4, -0.2) is 38.2 Å². The molecule has 0 aromatic carbocycles. The normalized spacial score (nSPS) is 7.80. The van der Waals surface area contributed by atoms with E-state index in [0.717, 1.165) is 24.4 Å². The number of hydrogen-bond acceptors (Lipinski definition) is 4. The monoisotopic (exact) mass is 145 g/mol. The standard InChI is InChI=1S/C3H3N3O2.CH4O/c7-3(8)6-2-4-1-5-6;1-2/h1-2H,(H,7,8);2H,1H3. The molecule has 56 valence electrons. The summed E-state index contributed by atoms with van der Waals surface area (Å²) in [6.45, 7) is 0. The maximum absolute atomic E-state index is 9.92. The van der Waals surface area contributed by atoms with Gasteiger partial charge >= 0.3 is 6.09 Å². The van der Waals surface area contributed by atoms with Gasteiger partial charge in [-0.05, 0) is 0 Å². The summed E-state index contributed by atoms with van der Waals surface area (Å²) < 4.78 is 0.722. The highest BCUT2D eigenvalue weighted by Crippen LogP contribution is 1.75. The van der Waals surface area contributed by atoms with Gasteiger partial charge in [-0.15, -0.1) is 5.10 Å². The van der Waals surface area contributed by atoms with E-state index in [1.807, 2.05) is 0 Å². The lowest BCUT2D eigenvalue weighted by molar-refractivity contribution is 0.192. The van der Waals surface area contributed by atoms with Crippen molar-refractivity contribution >= 4 is 6.09 Å². The highest BCUT2D eigenvalue weighted by molar-refractivity contribution is 5.65. The molecular formula is C4H7N3O3. The number of hydrogen-bond donors (Lipinski definition) is 2. The van der Waals surface area contributed by atoms with Crippen LogP contribution in [-0.2, 0) is 0 Å². The van der Waals surface area contributed by atoms with Crippen LogP contribution in [0.5, 0.6) is 0 Å². The van der Waals surface area contributed by atoms with Crippen molar-refractivity contribution in [1.29, 1.82) is 0 Å². The van der Waals surface area contributed by atoms with E-state index in [1.54, 1.807) is 0 Å². The Morgan fingerprint density at radius 3 is 2.40 bits per heavy atom. The number of aromatic nitrogens is 3. The van der Waals surface area contributed by atoms with Gasteiger partial charge in [0.15, 0.2) is 0 Å². The van der Waals surface area contributed by atoms with Crippen LogP contribution < -0.4 is 0 Å². The van der Waals surface area contributed by atoms with Crippen LogP contribution in [0, 0.1) is 0 Å². The molecule has 1 aromatic heterocycles. The summed E-state index contributed by atoms with van der Waals surface area (Å²) in [6.07, 6.45) is 1.15. The molecule has 2 N–H and O–H groups in total. The van der Waals surface area contributed by atoms with Gasteiger partial charge in [-0.2, -0.15) is 4.68 Å². The van der Waals surface area contributed by atoms with Crippen molar-refractivity contribution in [2.24, 2.45) is 0 Å². The van der Waals surface area contributed by atoms with Crippen LogP contribution in [0.3, 0.4) is 0 Å². The molecule has 0 aliphatic rings. The van der Waals surface area contributed by atoms with Gasteiger partial charge in [0.05, 0.1) is 0 Å². The Morgan fingerprint density at radius 2 is 2.20 bits per heavy atom. The van der Waals surface area contributed by atoms with E-state index in [1.165, 1.54) is 0 Å². The summed E-state index contributed by atoms with van der Waals surface area (Å²) in [6, 6.07) is 0. The molecule has 10 heavy (non-hydrogen) atoms. The van der Waals surface area contributed by atoms with Gasteiger partial charge in [0.1, 0.15) is 12.7 Å². The van der Waals surface area contributed by atoms with Crippen LogP contribution in [0.25, 0.3) is 0 Å². The van der Waals surface area contributed by atoms with E-state index in [-0.39, 0.29) is 0 Å². The molecule has 0 amide bonds. The second-order valence-electron chi connectivity index (χ2n) is 1.12. The Bertz CT molecular complexity index is 184. The van der Waals surface area contributed by atoms with Crippen molar-refractivity contribution in [1.82, 2.24) is 14.8 Å². The maximum atomic E-state index is 9.92. The average molecular weight is 145 g/mol. The fourth-order valence-corrected chi connectivity index (χ4v) is 0.307. The smallest absolute Gasteiger partial charge is 0.433 e. The molecule has 0 saturated carbocycles. The first-order valence-corrected chi connectivity index (χ1v) is 2.33. The number of carboxylic acid groups (broad SMARTS) is 1. The Balaban J connectivity index is 0.000000371. The van der Waals surface area contributed by atoms with E-state index in [4.69, 9.17) is 10.2 Å². The minimum atomic E-state index is -1.12. The van der Waals surface area contributed by atoms with E-state index in [9.17, 15) is 4.79 Å². The number of rotatable bonds is 0. The van der Waals surface area contributed by atoms with Gasteiger partial charge in [0.25, 0.3) is 0 Å². The zero-order chi connectivity index (χ0) is 7.98. The van der Waals surface area contributed by atoms with Gasteiger partial charge in [0.2, 0.25) is 0 Å². The zero-order valence-electron chi connectivity index (χ0n) is 5.30. The molecule has 0 spiro atoms. The second-order valence-corrected chi connectivity index (χ2v) is 1.12. The Morgan fingerprint density at radius 1 is 1.60 bits per heavy atom. The fraction of sp³-hybridized carbons (Fsp3) is 0.250. The van der Waals surface area contributed by atoms with Crippen LogP contribution in [0.4, 0.5) is 4.79 Å². The first-order valence-electron chi connectivity index (χ1n) is 2.33. The first kappa shape index (κ1) is 8.57. The summed E-state index contributed by atoms with van der Waals surface area (Å²) in [5, 5.41) is 18.5. The van der Waals surface area contributed by atoms with E-state index in [2.05, 4.69) is 10.1 Å². The molecule has 6 nitrogen and oxygen atoms in total. The van der Waals surface area contributed by atoms with Gasteiger partial charge < -0.3 is 10.2 Å². The molecule has 0 aliphatic heterocycles. The third-order valence-corrected chi connectivity index (χ3v) is 0.615. The Kier molecular flexibility index (Phi) is 3.81. The second kappa shape index (κ2) is 4.45. The predicted octanol–water partition coefficient (Wildman–Crippen LogP) is -0.587. The van der Waals surface area contributed by atoms with Crippen molar-refractivity contribution in [2.75, 3.05) is 7.11 Å². The van der Waals surface area contributed by atoms with E-state index in [0.29, 0.717) is 0 Å². The molecule has 1 aromatic rings. The third kappa shape index (κ3) is 2.23. The quantitative estimate of drug-likeness (QED) is 0.509. The van der Waals surface area contributed by atoms with Crippen molar-refractivity contribution < 1.29 is 15.0 Å².